The lowest BCUT2D eigenvalue weighted by atomic mass is 9.96. The van der Waals surface area contributed by atoms with Gasteiger partial charge in [0.25, 0.3) is 5.91 Å². The summed E-state index contributed by atoms with van der Waals surface area (Å²) in [5.41, 5.74) is 2.69. The zero-order valence-corrected chi connectivity index (χ0v) is 16.8. The van der Waals surface area contributed by atoms with Gasteiger partial charge in [0, 0.05) is 41.1 Å². The molecular formula is C22H26N2O2S. The van der Waals surface area contributed by atoms with Crippen molar-refractivity contribution in [3.8, 4) is 5.75 Å². The van der Waals surface area contributed by atoms with E-state index in [9.17, 15) is 9.90 Å². The van der Waals surface area contributed by atoms with Crippen LogP contribution in [0.15, 0.2) is 35.7 Å². The highest BCUT2D eigenvalue weighted by Crippen LogP contribution is 2.32. The van der Waals surface area contributed by atoms with E-state index < -0.39 is 0 Å². The van der Waals surface area contributed by atoms with Crippen LogP contribution < -0.4 is 0 Å². The van der Waals surface area contributed by atoms with Crippen LogP contribution in [-0.4, -0.2) is 33.1 Å². The molecule has 3 aromatic rings. The average Bonchev–Trinajstić information content (AvgIpc) is 3.27. The molecule has 27 heavy (non-hydrogen) atoms. The summed E-state index contributed by atoms with van der Waals surface area (Å²) in [4.78, 5) is 17.0. The minimum absolute atomic E-state index is 0.111. The van der Waals surface area contributed by atoms with E-state index in [1.54, 1.807) is 23.5 Å². The molecule has 1 atom stereocenters. The van der Waals surface area contributed by atoms with Gasteiger partial charge >= 0.3 is 0 Å². The monoisotopic (exact) mass is 382 g/mol. The molecule has 0 saturated carbocycles. The van der Waals surface area contributed by atoms with Gasteiger partial charge < -0.3 is 14.6 Å². The van der Waals surface area contributed by atoms with Crippen LogP contribution in [0.25, 0.3) is 10.9 Å². The Morgan fingerprint density at radius 2 is 2.15 bits per heavy atom. The van der Waals surface area contributed by atoms with Crippen molar-refractivity contribution in [3.05, 3.63) is 51.8 Å². The molecule has 1 N–H and O–H groups in total. The molecule has 1 fully saturated rings. The van der Waals surface area contributed by atoms with Gasteiger partial charge in [-0.3, -0.25) is 4.79 Å². The summed E-state index contributed by atoms with van der Waals surface area (Å²) < 4.78 is 2.05. The first-order valence-electron chi connectivity index (χ1n) is 9.67. The number of aromatic hydroxyl groups is 1. The third kappa shape index (κ3) is 3.36. The van der Waals surface area contributed by atoms with Crippen molar-refractivity contribution < 1.29 is 9.90 Å². The fourth-order valence-electron chi connectivity index (χ4n) is 4.31. The molecule has 4 rings (SSSR count). The van der Waals surface area contributed by atoms with Crippen LogP contribution in [0.1, 0.15) is 46.6 Å². The maximum atomic E-state index is 13.6. The number of aromatic nitrogens is 1. The van der Waals surface area contributed by atoms with Crippen LogP contribution in [0.5, 0.6) is 5.75 Å². The average molecular weight is 383 g/mol. The lowest BCUT2D eigenvalue weighted by Gasteiger charge is -2.36. The Labute approximate surface area is 164 Å². The Hall–Kier alpha value is -2.27. The number of benzene rings is 1. The van der Waals surface area contributed by atoms with E-state index in [-0.39, 0.29) is 11.7 Å². The maximum Gasteiger partial charge on any atom is 0.256 e. The molecule has 0 bridgehead atoms. The van der Waals surface area contributed by atoms with E-state index in [1.807, 2.05) is 24.6 Å². The number of hydrogen-bond acceptors (Lipinski definition) is 3. The lowest BCUT2D eigenvalue weighted by Crippen LogP contribution is -2.44. The number of thiophene rings is 1. The number of amides is 1. The molecule has 1 amide bonds. The molecule has 5 heteroatoms. The van der Waals surface area contributed by atoms with Crippen molar-refractivity contribution in [2.24, 2.45) is 7.05 Å². The second-order valence-electron chi connectivity index (χ2n) is 7.49. The fraction of sp³-hybridized carbons (Fsp3) is 0.409. The van der Waals surface area contributed by atoms with Crippen LogP contribution in [0.4, 0.5) is 0 Å². The number of fused-ring (bicyclic) bond motifs is 1. The minimum Gasteiger partial charge on any atom is -0.508 e. The fourth-order valence-corrected chi connectivity index (χ4v) is 5.03. The van der Waals surface area contributed by atoms with Crippen molar-refractivity contribution in [3.63, 3.8) is 0 Å². The largest absolute Gasteiger partial charge is 0.508 e. The Morgan fingerprint density at radius 1 is 1.30 bits per heavy atom. The predicted octanol–water partition coefficient (Wildman–Crippen LogP) is 4.88. The second kappa shape index (κ2) is 7.39. The molecule has 2 aromatic heterocycles. The molecule has 0 aliphatic carbocycles. The summed E-state index contributed by atoms with van der Waals surface area (Å²) in [5.74, 6) is 0.314. The van der Waals surface area contributed by atoms with Gasteiger partial charge in [-0.1, -0.05) is 6.07 Å². The summed E-state index contributed by atoms with van der Waals surface area (Å²) >= 11 is 1.79. The normalized spacial score (nSPS) is 17.6. The molecule has 1 unspecified atom stereocenters. The van der Waals surface area contributed by atoms with Crippen molar-refractivity contribution in [1.82, 2.24) is 9.47 Å². The number of aryl methyl sites for hydroxylation is 2. The highest BCUT2D eigenvalue weighted by molar-refractivity contribution is 7.09. The number of piperidine rings is 1. The van der Waals surface area contributed by atoms with E-state index in [0.29, 0.717) is 6.04 Å². The van der Waals surface area contributed by atoms with Crippen molar-refractivity contribution in [2.45, 2.75) is 45.1 Å². The van der Waals surface area contributed by atoms with E-state index >= 15 is 0 Å². The van der Waals surface area contributed by atoms with Crippen LogP contribution >= 0.6 is 11.3 Å². The summed E-state index contributed by atoms with van der Waals surface area (Å²) in [5, 5.41) is 12.9. The summed E-state index contributed by atoms with van der Waals surface area (Å²) in [6.07, 6.45) is 5.37. The Balaban J connectivity index is 1.65. The SMILES string of the molecule is Cc1c(C(=O)N2CCCCC2CCc2cccs2)c2cc(O)ccc2n1C. The molecule has 1 saturated heterocycles. The Bertz CT molecular complexity index is 959. The molecule has 3 heterocycles. The van der Waals surface area contributed by atoms with Crippen molar-refractivity contribution in [1.29, 1.82) is 0 Å². The lowest BCUT2D eigenvalue weighted by molar-refractivity contribution is 0.0603. The molecule has 1 aliphatic rings. The topological polar surface area (TPSA) is 45.5 Å². The standard InChI is InChI=1S/C22H26N2O2S/c1-15-21(19-14-17(25)9-11-20(19)23(15)2)22(26)24-12-4-3-6-16(24)8-10-18-7-5-13-27-18/h5,7,9,11,13-14,16,25H,3-4,6,8,10,12H2,1-2H3. The number of likely N-dealkylation sites (tertiary alicyclic amines) is 1. The number of nitrogens with zero attached hydrogens (tertiary/aromatic N) is 2. The predicted molar refractivity (Wildman–Crippen MR) is 111 cm³/mol. The molecule has 1 aliphatic heterocycles. The molecule has 0 spiro atoms. The number of rotatable bonds is 4. The van der Waals surface area contributed by atoms with Crippen LogP contribution in [-0.2, 0) is 13.5 Å². The van der Waals surface area contributed by atoms with Crippen LogP contribution in [0, 0.1) is 6.92 Å². The van der Waals surface area contributed by atoms with E-state index in [4.69, 9.17) is 0 Å². The summed E-state index contributed by atoms with van der Waals surface area (Å²) in [7, 11) is 1.98. The first-order chi connectivity index (χ1) is 13.1. The van der Waals surface area contributed by atoms with Gasteiger partial charge in [0.2, 0.25) is 0 Å². The molecular weight excluding hydrogens is 356 g/mol. The van der Waals surface area contributed by atoms with Gasteiger partial charge in [0.15, 0.2) is 0 Å². The van der Waals surface area contributed by atoms with E-state index in [2.05, 4.69) is 22.4 Å². The number of hydrogen-bond donors (Lipinski definition) is 1. The number of carbonyl (C=O) groups is 1. The summed E-state index contributed by atoms with van der Waals surface area (Å²) in [6, 6.07) is 9.85. The van der Waals surface area contributed by atoms with Crippen molar-refractivity contribution >= 4 is 28.1 Å². The van der Waals surface area contributed by atoms with Gasteiger partial charge in [0.05, 0.1) is 5.56 Å². The zero-order valence-electron chi connectivity index (χ0n) is 15.9. The number of carbonyl (C=O) groups excluding carboxylic acids is 1. The zero-order chi connectivity index (χ0) is 19.0. The third-order valence-corrected chi connectivity index (χ3v) is 6.82. The number of phenolic OH excluding ortho intramolecular Hbond substituents is 1. The summed E-state index contributed by atoms with van der Waals surface area (Å²) in [6.45, 7) is 2.82. The maximum absolute atomic E-state index is 13.6. The van der Waals surface area contributed by atoms with Gasteiger partial charge in [-0.05, 0) is 68.7 Å². The highest BCUT2D eigenvalue weighted by Gasteiger charge is 2.30. The molecule has 0 radical (unpaired) electrons. The molecule has 1 aromatic carbocycles. The first-order valence-corrected chi connectivity index (χ1v) is 10.6. The number of phenols is 1. The highest BCUT2D eigenvalue weighted by atomic mass is 32.1. The van der Waals surface area contributed by atoms with Gasteiger partial charge in [-0.25, -0.2) is 0 Å². The minimum atomic E-state index is 0.111. The van der Waals surface area contributed by atoms with Gasteiger partial charge in [0.1, 0.15) is 5.75 Å². The van der Waals surface area contributed by atoms with Gasteiger partial charge in [-0.15, -0.1) is 11.3 Å². The van der Waals surface area contributed by atoms with Crippen LogP contribution in [0.2, 0.25) is 0 Å². The first kappa shape index (κ1) is 18.1. The molecule has 4 nitrogen and oxygen atoms in total. The third-order valence-electron chi connectivity index (χ3n) is 5.88. The Morgan fingerprint density at radius 3 is 2.93 bits per heavy atom. The van der Waals surface area contributed by atoms with Crippen molar-refractivity contribution in [2.75, 3.05) is 6.54 Å². The van der Waals surface area contributed by atoms with Crippen LogP contribution in [0.3, 0.4) is 0 Å². The second-order valence-corrected chi connectivity index (χ2v) is 8.52. The van der Waals surface area contributed by atoms with E-state index in [1.165, 1.54) is 11.3 Å². The molecule has 142 valence electrons. The van der Waals surface area contributed by atoms with E-state index in [0.717, 1.165) is 54.4 Å². The van der Waals surface area contributed by atoms with Gasteiger partial charge in [-0.2, -0.15) is 0 Å². The smallest absolute Gasteiger partial charge is 0.256 e. The quantitative estimate of drug-likeness (QED) is 0.699. The Kier molecular flexibility index (Phi) is 4.96.